The van der Waals surface area contributed by atoms with Gasteiger partial charge in [0.2, 0.25) is 5.88 Å². The predicted octanol–water partition coefficient (Wildman–Crippen LogP) is 2.37. The molecule has 0 unspecified atom stereocenters. The van der Waals surface area contributed by atoms with E-state index in [1.165, 1.54) is 12.8 Å². The molecule has 0 radical (unpaired) electrons. The first-order chi connectivity index (χ1) is 9.09. The van der Waals surface area contributed by atoms with Crippen molar-refractivity contribution in [3.63, 3.8) is 0 Å². The van der Waals surface area contributed by atoms with E-state index in [4.69, 9.17) is 4.74 Å². The molecule has 0 atom stereocenters. The van der Waals surface area contributed by atoms with Crippen molar-refractivity contribution < 1.29 is 9.84 Å². The van der Waals surface area contributed by atoms with E-state index < -0.39 is 5.60 Å². The molecular formula is C14H22N2O3. The fraction of sp³-hybridized carbons (Fsp3) is 0.714. The van der Waals surface area contributed by atoms with Crippen molar-refractivity contribution in [1.29, 1.82) is 0 Å². The minimum Gasteiger partial charge on any atom is -0.493 e. The molecule has 0 amide bonds. The summed E-state index contributed by atoms with van der Waals surface area (Å²) in [6.07, 6.45) is 6.14. The van der Waals surface area contributed by atoms with Gasteiger partial charge in [-0.25, -0.2) is 0 Å². The molecule has 0 aromatic carbocycles. The van der Waals surface area contributed by atoms with Crippen molar-refractivity contribution in [2.45, 2.75) is 58.0 Å². The van der Waals surface area contributed by atoms with Crippen LogP contribution in [-0.4, -0.2) is 21.7 Å². The number of hydrogen-bond acceptors (Lipinski definition) is 4. The lowest BCUT2D eigenvalue weighted by atomic mass is 9.93. The van der Waals surface area contributed by atoms with Gasteiger partial charge < -0.3 is 14.8 Å². The van der Waals surface area contributed by atoms with Crippen molar-refractivity contribution in [2.24, 2.45) is 0 Å². The first kappa shape index (κ1) is 14.1. The maximum absolute atomic E-state index is 11.8. The van der Waals surface area contributed by atoms with E-state index in [-0.39, 0.29) is 17.0 Å². The van der Waals surface area contributed by atoms with Crippen molar-refractivity contribution in [3.8, 4) is 5.88 Å². The Morgan fingerprint density at radius 3 is 2.47 bits per heavy atom. The molecule has 19 heavy (non-hydrogen) atoms. The molecule has 2 N–H and O–H groups in total. The summed E-state index contributed by atoms with van der Waals surface area (Å²) in [6, 6.07) is 0. The van der Waals surface area contributed by atoms with E-state index >= 15 is 0 Å². The zero-order valence-corrected chi connectivity index (χ0v) is 11.7. The van der Waals surface area contributed by atoms with E-state index in [0.717, 1.165) is 25.7 Å². The van der Waals surface area contributed by atoms with E-state index in [9.17, 15) is 9.90 Å². The van der Waals surface area contributed by atoms with Gasteiger partial charge in [-0.2, -0.15) is 4.98 Å². The highest BCUT2D eigenvalue weighted by Gasteiger charge is 2.36. The molecule has 2 rings (SSSR count). The molecule has 1 saturated carbocycles. The van der Waals surface area contributed by atoms with Gasteiger partial charge in [-0.15, -0.1) is 0 Å². The first-order valence-electron chi connectivity index (χ1n) is 7.03. The minimum absolute atomic E-state index is 0.193. The van der Waals surface area contributed by atoms with Gasteiger partial charge in [0.15, 0.2) is 0 Å². The molecule has 1 aromatic heterocycles. The van der Waals surface area contributed by atoms with Gasteiger partial charge in [0.1, 0.15) is 11.4 Å². The largest absolute Gasteiger partial charge is 0.493 e. The summed E-state index contributed by atoms with van der Waals surface area (Å²) in [5.74, 6) is 0.284. The molecule has 0 bridgehead atoms. The van der Waals surface area contributed by atoms with Crippen LogP contribution in [0.1, 0.15) is 56.8 Å². The monoisotopic (exact) mass is 266 g/mol. The molecule has 5 nitrogen and oxygen atoms in total. The van der Waals surface area contributed by atoms with Gasteiger partial charge in [0.05, 0.1) is 5.56 Å². The average Bonchev–Trinajstić information content (AvgIpc) is 2.62. The Bertz CT molecular complexity index is 488. The van der Waals surface area contributed by atoms with Crippen LogP contribution in [0.2, 0.25) is 0 Å². The predicted molar refractivity (Wildman–Crippen MR) is 72.3 cm³/mol. The second kappa shape index (κ2) is 5.74. The fourth-order valence-corrected chi connectivity index (χ4v) is 2.76. The summed E-state index contributed by atoms with van der Waals surface area (Å²) in [5, 5.41) is 9.78. The zero-order chi connectivity index (χ0) is 13.9. The lowest BCUT2D eigenvalue weighted by Gasteiger charge is -2.31. The number of aromatic hydroxyl groups is 1. The number of aromatic nitrogens is 2. The summed E-state index contributed by atoms with van der Waals surface area (Å²) in [6.45, 7) is 4.07. The van der Waals surface area contributed by atoms with Crippen LogP contribution in [0.4, 0.5) is 0 Å². The van der Waals surface area contributed by atoms with Gasteiger partial charge in [-0.3, -0.25) is 4.79 Å². The Kier molecular flexibility index (Phi) is 4.24. The molecule has 106 valence electrons. The third-order valence-electron chi connectivity index (χ3n) is 3.89. The Morgan fingerprint density at radius 2 is 1.95 bits per heavy atom. The Hall–Kier alpha value is -1.36. The zero-order valence-electron chi connectivity index (χ0n) is 11.7. The van der Waals surface area contributed by atoms with Gasteiger partial charge >= 0.3 is 0 Å². The number of rotatable bonds is 3. The average molecular weight is 266 g/mol. The van der Waals surface area contributed by atoms with E-state index in [2.05, 4.69) is 9.97 Å². The van der Waals surface area contributed by atoms with Gasteiger partial charge in [-0.1, -0.05) is 25.7 Å². The SMILES string of the molecule is CCOC1(c2nc(O)c(C)c(=O)[nH]2)CCCCCC1. The normalized spacial score (nSPS) is 19.1. The molecule has 0 aliphatic heterocycles. The van der Waals surface area contributed by atoms with Gasteiger partial charge in [0, 0.05) is 6.61 Å². The highest BCUT2D eigenvalue weighted by atomic mass is 16.5. The first-order valence-corrected chi connectivity index (χ1v) is 7.03. The Morgan fingerprint density at radius 1 is 1.32 bits per heavy atom. The van der Waals surface area contributed by atoms with E-state index in [1.807, 2.05) is 6.92 Å². The smallest absolute Gasteiger partial charge is 0.257 e. The summed E-state index contributed by atoms with van der Waals surface area (Å²) < 4.78 is 5.94. The van der Waals surface area contributed by atoms with Crippen LogP contribution in [0.5, 0.6) is 5.88 Å². The molecule has 0 saturated heterocycles. The number of ether oxygens (including phenoxy) is 1. The van der Waals surface area contributed by atoms with Crippen molar-refractivity contribution in [1.82, 2.24) is 9.97 Å². The lowest BCUT2D eigenvalue weighted by Crippen LogP contribution is -2.34. The lowest BCUT2D eigenvalue weighted by molar-refractivity contribution is -0.0629. The molecule has 1 aliphatic rings. The van der Waals surface area contributed by atoms with Crippen LogP contribution in [0.3, 0.4) is 0 Å². The Balaban J connectivity index is 2.45. The summed E-state index contributed by atoms with van der Waals surface area (Å²) >= 11 is 0. The van der Waals surface area contributed by atoms with Crippen LogP contribution in [0, 0.1) is 6.92 Å². The standard InChI is InChI=1S/C14H22N2O3/c1-3-19-14(8-6-4-5-7-9-14)13-15-11(17)10(2)12(18)16-13/h3-9H2,1-2H3,(H2,15,16,17,18). The van der Waals surface area contributed by atoms with E-state index in [1.54, 1.807) is 6.92 Å². The summed E-state index contributed by atoms with van der Waals surface area (Å²) in [7, 11) is 0. The van der Waals surface area contributed by atoms with Gasteiger partial charge in [-0.05, 0) is 26.7 Å². The number of H-pyrrole nitrogens is 1. The topological polar surface area (TPSA) is 75.2 Å². The second-order valence-corrected chi connectivity index (χ2v) is 5.20. The third kappa shape index (κ3) is 2.81. The number of nitrogens with zero attached hydrogens (tertiary/aromatic N) is 1. The number of aromatic amines is 1. The molecule has 1 aliphatic carbocycles. The third-order valence-corrected chi connectivity index (χ3v) is 3.89. The maximum Gasteiger partial charge on any atom is 0.257 e. The molecule has 1 aromatic rings. The highest BCUT2D eigenvalue weighted by Crippen LogP contribution is 2.37. The van der Waals surface area contributed by atoms with Crippen molar-refractivity contribution >= 4 is 0 Å². The maximum atomic E-state index is 11.8. The van der Waals surface area contributed by atoms with Gasteiger partial charge in [0.25, 0.3) is 5.56 Å². The quantitative estimate of drug-likeness (QED) is 0.824. The molecule has 1 fully saturated rings. The van der Waals surface area contributed by atoms with Crippen LogP contribution in [-0.2, 0) is 10.3 Å². The number of hydrogen-bond donors (Lipinski definition) is 2. The molecular weight excluding hydrogens is 244 g/mol. The van der Waals surface area contributed by atoms with Crippen LogP contribution < -0.4 is 5.56 Å². The molecule has 1 heterocycles. The Labute approximate surface area is 113 Å². The minimum atomic E-state index is -0.546. The van der Waals surface area contributed by atoms with Crippen LogP contribution in [0.15, 0.2) is 4.79 Å². The summed E-state index contributed by atoms with van der Waals surface area (Å²) in [5.41, 5.74) is -0.579. The van der Waals surface area contributed by atoms with E-state index in [0.29, 0.717) is 12.4 Å². The van der Waals surface area contributed by atoms with Crippen molar-refractivity contribution in [2.75, 3.05) is 6.61 Å². The fourth-order valence-electron chi connectivity index (χ4n) is 2.76. The number of nitrogens with one attached hydrogen (secondary N) is 1. The summed E-state index contributed by atoms with van der Waals surface area (Å²) in [4.78, 5) is 18.8. The van der Waals surface area contributed by atoms with Crippen LogP contribution >= 0.6 is 0 Å². The molecule has 5 heteroatoms. The molecule has 0 spiro atoms. The highest BCUT2D eigenvalue weighted by molar-refractivity contribution is 5.22. The van der Waals surface area contributed by atoms with Crippen molar-refractivity contribution in [3.05, 3.63) is 21.7 Å². The second-order valence-electron chi connectivity index (χ2n) is 5.20. The van der Waals surface area contributed by atoms with Crippen LogP contribution in [0.25, 0.3) is 0 Å².